The van der Waals surface area contributed by atoms with Gasteiger partial charge in [-0.1, -0.05) is 12.1 Å². The summed E-state index contributed by atoms with van der Waals surface area (Å²) < 4.78 is 26.3. The third-order valence-corrected chi connectivity index (χ3v) is 4.97. The van der Waals surface area contributed by atoms with E-state index in [0.717, 1.165) is 29.7 Å². The van der Waals surface area contributed by atoms with Gasteiger partial charge in [-0.3, -0.25) is 4.79 Å². The molecule has 3 aromatic rings. The van der Waals surface area contributed by atoms with E-state index in [2.05, 4.69) is 9.97 Å². The van der Waals surface area contributed by atoms with Gasteiger partial charge >= 0.3 is 0 Å². The van der Waals surface area contributed by atoms with Crippen molar-refractivity contribution in [3.8, 4) is 0 Å². The lowest BCUT2D eigenvalue weighted by atomic mass is 9.95. The fourth-order valence-corrected chi connectivity index (χ4v) is 3.49. The molecule has 6 heteroatoms. The van der Waals surface area contributed by atoms with Gasteiger partial charge in [-0.15, -0.1) is 0 Å². The van der Waals surface area contributed by atoms with Crippen molar-refractivity contribution in [1.82, 2.24) is 14.9 Å². The molecule has 0 unspecified atom stereocenters. The van der Waals surface area contributed by atoms with Gasteiger partial charge in [0.05, 0.1) is 17.5 Å². The van der Waals surface area contributed by atoms with Gasteiger partial charge in [-0.2, -0.15) is 0 Å². The second kappa shape index (κ2) is 6.86. The molecule has 0 aliphatic carbocycles. The first kappa shape index (κ1) is 16.7. The van der Waals surface area contributed by atoms with E-state index in [9.17, 15) is 13.6 Å². The highest BCUT2D eigenvalue weighted by molar-refractivity contribution is 5.79. The predicted octanol–water partition coefficient (Wildman–Crippen LogP) is 3.79. The lowest BCUT2D eigenvalue weighted by molar-refractivity contribution is -0.131. The molecule has 26 heavy (non-hydrogen) atoms. The Morgan fingerprint density at radius 3 is 2.50 bits per heavy atom. The van der Waals surface area contributed by atoms with Crippen LogP contribution in [0.15, 0.2) is 42.5 Å². The number of nitrogens with one attached hydrogen (secondary N) is 1. The fraction of sp³-hybridized carbons (Fsp3) is 0.300. The molecule has 134 valence electrons. The van der Waals surface area contributed by atoms with Crippen LogP contribution in [-0.2, 0) is 11.2 Å². The van der Waals surface area contributed by atoms with Crippen LogP contribution in [0, 0.1) is 11.6 Å². The lowest BCUT2D eigenvalue weighted by Crippen LogP contribution is -2.39. The standard InChI is InChI=1S/C20H19F2N3O/c21-15-3-1-13(2-4-15)11-19(26)25-9-7-14(8-10-25)20-23-17-6-5-16(22)12-18(17)24-20/h1-6,12,14H,7-11H2,(H,23,24). The van der Waals surface area contributed by atoms with Gasteiger partial charge in [0.25, 0.3) is 0 Å². The van der Waals surface area contributed by atoms with Crippen LogP contribution in [0.25, 0.3) is 11.0 Å². The Labute approximate surface area is 149 Å². The summed E-state index contributed by atoms with van der Waals surface area (Å²) in [5, 5.41) is 0. The summed E-state index contributed by atoms with van der Waals surface area (Å²) in [6.07, 6.45) is 1.92. The molecule has 1 amide bonds. The molecule has 1 aromatic heterocycles. The van der Waals surface area contributed by atoms with E-state index < -0.39 is 0 Å². The minimum atomic E-state index is -0.298. The quantitative estimate of drug-likeness (QED) is 0.777. The van der Waals surface area contributed by atoms with Crippen LogP contribution in [0.3, 0.4) is 0 Å². The fourth-order valence-electron chi connectivity index (χ4n) is 3.49. The number of hydrogen-bond acceptors (Lipinski definition) is 2. The number of aromatic amines is 1. The number of imidazole rings is 1. The summed E-state index contributed by atoms with van der Waals surface area (Å²) in [7, 11) is 0. The van der Waals surface area contributed by atoms with Gasteiger partial charge in [0, 0.05) is 19.0 Å². The average Bonchev–Trinajstić information content (AvgIpc) is 3.07. The zero-order valence-electron chi connectivity index (χ0n) is 14.2. The zero-order valence-corrected chi connectivity index (χ0v) is 14.2. The number of H-pyrrole nitrogens is 1. The minimum absolute atomic E-state index is 0.0572. The van der Waals surface area contributed by atoms with Gasteiger partial charge in [0.15, 0.2) is 0 Å². The van der Waals surface area contributed by atoms with Crippen molar-refractivity contribution in [2.45, 2.75) is 25.2 Å². The Hall–Kier alpha value is -2.76. The number of likely N-dealkylation sites (tertiary alicyclic amines) is 1. The maximum atomic E-state index is 13.3. The maximum absolute atomic E-state index is 13.3. The van der Waals surface area contributed by atoms with Crippen LogP contribution in [0.1, 0.15) is 30.1 Å². The number of aromatic nitrogens is 2. The van der Waals surface area contributed by atoms with E-state index in [4.69, 9.17) is 0 Å². The topological polar surface area (TPSA) is 49.0 Å². The van der Waals surface area contributed by atoms with Crippen molar-refractivity contribution in [3.05, 3.63) is 65.5 Å². The number of carbonyl (C=O) groups is 1. The van der Waals surface area contributed by atoms with Crippen molar-refractivity contribution < 1.29 is 13.6 Å². The first-order valence-corrected chi connectivity index (χ1v) is 8.76. The van der Waals surface area contributed by atoms with E-state index in [1.54, 1.807) is 18.2 Å². The zero-order chi connectivity index (χ0) is 18.1. The van der Waals surface area contributed by atoms with Crippen LogP contribution >= 0.6 is 0 Å². The second-order valence-electron chi connectivity index (χ2n) is 6.74. The number of fused-ring (bicyclic) bond motifs is 1. The molecular formula is C20H19F2N3O. The lowest BCUT2D eigenvalue weighted by Gasteiger charge is -2.31. The van der Waals surface area contributed by atoms with Crippen LogP contribution in [0.4, 0.5) is 8.78 Å². The summed E-state index contributed by atoms with van der Waals surface area (Å²) in [6, 6.07) is 10.6. The molecule has 1 saturated heterocycles. The molecule has 4 nitrogen and oxygen atoms in total. The monoisotopic (exact) mass is 355 g/mol. The molecule has 4 rings (SSSR count). The van der Waals surface area contributed by atoms with Crippen LogP contribution in [0.5, 0.6) is 0 Å². The summed E-state index contributed by atoms with van der Waals surface area (Å²) >= 11 is 0. The van der Waals surface area contributed by atoms with Gasteiger partial charge < -0.3 is 9.88 Å². The minimum Gasteiger partial charge on any atom is -0.342 e. The first-order chi connectivity index (χ1) is 12.6. The number of carbonyl (C=O) groups excluding carboxylic acids is 1. The third kappa shape index (κ3) is 3.45. The molecule has 2 heterocycles. The largest absolute Gasteiger partial charge is 0.342 e. The van der Waals surface area contributed by atoms with Gasteiger partial charge in [0.2, 0.25) is 5.91 Å². The van der Waals surface area contributed by atoms with Crippen molar-refractivity contribution >= 4 is 16.9 Å². The van der Waals surface area contributed by atoms with Crippen molar-refractivity contribution in [2.75, 3.05) is 13.1 Å². The number of halogens is 2. The normalized spacial score (nSPS) is 15.5. The molecule has 0 spiro atoms. The van der Waals surface area contributed by atoms with E-state index in [1.807, 2.05) is 4.90 Å². The molecule has 2 aromatic carbocycles. The number of piperidine rings is 1. The Balaban J connectivity index is 1.38. The molecule has 1 fully saturated rings. The van der Waals surface area contributed by atoms with E-state index in [0.29, 0.717) is 18.6 Å². The molecule has 0 radical (unpaired) electrons. The number of nitrogens with zero attached hydrogens (tertiary/aromatic N) is 2. The smallest absolute Gasteiger partial charge is 0.226 e. The third-order valence-electron chi connectivity index (χ3n) is 4.97. The van der Waals surface area contributed by atoms with Crippen molar-refractivity contribution in [2.24, 2.45) is 0 Å². The van der Waals surface area contributed by atoms with Crippen LogP contribution in [0.2, 0.25) is 0 Å². The molecule has 0 saturated carbocycles. The number of benzene rings is 2. The number of amides is 1. The Morgan fingerprint density at radius 1 is 1.08 bits per heavy atom. The van der Waals surface area contributed by atoms with Crippen molar-refractivity contribution in [3.63, 3.8) is 0 Å². The molecule has 1 aliphatic heterocycles. The Morgan fingerprint density at radius 2 is 1.77 bits per heavy atom. The van der Waals surface area contributed by atoms with Crippen LogP contribution in [-0.4, -0.2) is 33.9 Å². The predicted molar refractivity (Wildman–Crippen MR) is 94.7 cm³/mol. The van der Waals surface area contributed by atoms with Gasteiger partial charge in [0.1, 0.15) is 17.5 Å². The molecule has 1 aliphatic rings. The first-order valence-electron chi connectivity index (χ1n) is 8.76. The summed E-state index contributed by atoms with van der Waals surface area (Å²) in [5.74, 6) is 0.569. The molecule has 0 atom stereocenters. The average molecular weight is 355 g/mol. The highest BCUT2D eigenvalue weighted by Crippen LogP contribution is 2.28. The summed E-state index contributed by atoms with van der Waals surface area (Å²) in [5.41, 5.74) is 2.28. The summed E-state index contributed by atoms with van der Waals surface area (Å²) in [4.78, 5) is 22.1. The van der Waals surface area contributed by atoms with Crippen molar-refractivity contribution in [1.29, 1.82) is 0 Å². The molecule has 1 N–H and O–H groups in total. The SMILES string of the molecule is O=C(Cc1ccc(F)cc1)N1CCC(c2nc3ccc(F)cc3[nH]2)CC1. The highest BCUT2D eigenvalue weighted by Gasteiger charge is 2.25. The molecule has 0 bridgehead atoms. The number of hydrogen-bond donors (Lipinski definition) is 1. The maximum Gasteiger partial charge on any atom is 0.226 e. The summed E-state index contributed by atoms with van der Waals surface area (Å²) in [6.45, 7) is 1.33. The van der Waals surface area contributed by atoms with E-state index >= 15 is 0 Å². The van der Waals surface area contributed by atoms with E-state index in [1.165, 1.54) is 24.3 Å². The Bertz CT molecular complexity index is 928. The number of rotatable bonds is 3. The van der Waals surface area contributed by atoms with Gasteiger partial charge in [-0.05, 0) is 48.7 Å². The van der Waals surface area contributed by atoms with E-state index in [-0.39, 0.29) is 29.9 Å². The second-order valence-corrected chi connectivity index (χ2v) is 6.74. The Kier molecular flexibility index (Phi) is 4.41. The molecular weight excluding hydrogens is 336 g/mol. The van der Waals surface area contributed by atoms with Gasteiger partial charge in [-0.25, -0.2) is 13.8 Å². The van der Waals surface area contributed by atoms with Crippen LogP contribution < -0.4 is 0 Å². The highest BCUT2D eigenvalue weighted by atomic mass is 19.1.